The van der Waals surface area contributed by atoms with Crippen LogP contribution in [0.15, 0.2) is 30.3 Å². The highest BCUT2D eigenvalue weighted by Crippen LogP contribution is 2.36. The van der Waals surface area contributed by atoms with E-state index in [1.54, 1.807) is 0 Å². The van der Waals surface area contributed by atoms with E-state index in [2.05, 4.69) is 4.90 Å². The lowest BCUT2D eigenvalue weighted by Crippen LogP contribution is -2.56. The molecule has 3 rings (SSSR count). The van der Waals surface area contributed by atoms with Crippen molar-refractivity contribution >= 4 is 0 Å². The molecule has 1 aromatic rings. The summed E-state index contributed by atoms with van der Waals surface area (Å²) in [5, 5.41) is 9.91. The van der Waals surface area contributed by atoms with Crippen LogP contribution in [0.5, 0.6) is 0 Å². The van der Waals surface area contributed by atoms with Crippen LogP contribution in [0.2, 0.25) is 0 Å². The predicted molar refractivity (Wildman–Crippen MR) is 85.9 cm³/mol. The number of nitrogens with two attached hydrogens (primary N) is 1. The van der Waals surface area contributed by atoms with Gasteiger partial charge in [-0.25, -0.2) is 0 Å². The highest BCUT2D eigenvalue weighted by atomic mass is 16.3. The van der Waals surface area contributed by atoms with Crippen LogP contribution in [0.1, 0.15) is 44.1 Å². The van der Waals surface area contributed by atoms with Gasteiger partial charge in [0, 0.05) is 12.6 Å². The SMILES string of the molecule is NC(CO)(CN1CCC[C@H]2CCCC[C@H]21)c1ccccc1. The summed E-state index contributed by atoms with van der Waals surface area (Å²) in [4.78, 5) is 2.57. The summed E-state index contributed by atoms with van der Waals surface area (Å²) in [5.41, 5.74) is 6.99. The highest BCUT2D eigenvalue weighted by molar-refractivity contribution is 5.24. The monoisotopic (exact) mass is 288 g/mol. The summed E-state index contributed by atoms with van der Waals surface area (Å²) in [7, 11) is 0. The Kier molecular flexibility index (Phi) is 4.63. The van der Waals surface area contributed by atoms with E-state index in [1.807, 2.05) is 30.3 Å². The van der Waals surface area contributed by atoms with Gasteiger partial charge in [-0.1, -0.05) is 43.2 Å². The number of piperidine rings is 1. The fourth-order valence-electron chi connectivity index (χ4n) is 4.29. The predicted octanol–water partition coefficient (Wildman–Crippen LogP) is 2.49. The minimum atomic E-state index is -0.638. The fourth-order valence-corrected chi connectivity index (χ4v) is 4.29. The van der Waals surface area contributed by atoms with Crippen molar-refractivity contribution in [3.05, 3.63) is 35.9 Å². The third-order valence-corrected chi connectivity index (χ3v) is 5.47. The van der Waals surface area contributed by atoms with E-state index in [1.165, 1.54) is 38.5 Å². The molecule has 2 aliphatic rings. The minimum absolute atomic E-state index is 0.00486. The van der Waals surface area contributed by atoms with Gasteiger partial charge >= 0.3 is 0 Å². The first kappa shape index (κ1) is 15.0. The Morgan fingerprint density at radius 2 is 1.81 bits per heavy atom. The number of likely N-dealkylation sites (tertiary alicyclic amines) is 1. The molecule has 21 heavy (non-hydrogen) atoms. The summed E-state index contributed by atoms with van der Waals surface area (Å²) >= 11 is 0. The molecular formula is C18H28N2O. The maximum Gasteiger partial charge on any atom is 0.0773 e. The Morgan fingerprint density at radius 3 is 2.57 bits per heavy atom. The molecule has 1 unspecified atom stereocenters. The second-order valence-electron chi connectivity index (χ2n) is 6.90. The summed E-state index contributed by atoms with van der Waals surface area (Å²) in [6.07, 6.45) is 8.08. The normalized spacial score (nSPS) is 29.6. The molecule has 1 heterocycles. The van der Waals surface area contributed by atoms with Crippen molar-refractivity contribution in [3.63, 3.8) is 0 Å². The van der Waals surface area contributed by atoms with Crippen molar-refractivity contribution in [2.45, 2.75) is 50.1 Å². The zero-order valence-electron chi connectivity index (χ0n) is 12.9. The standard InChI is InChI=1S/C18H28N2O/c19-18(14-21,16-9-2-1-3-10-16)13-20-12-6-8-15-7-4-5-11-17(15)20/h1-3,9-10,15,17,21H,4-8,11-14,19H2/t15-,17-,18?/m1/s1. The van der Waals surface area contributed by atoms with Crippen LogP contribution >= 0.6 is 0 Å². The van der Waals surface area contributed by atoms with Crippen LogP contribution in [0.25, 0.3) is 0 Å². The molecule has 0 spiro atoms. The van der Waals surface area contributed by atoms with E-state index < -0.39 is 5.54 Å². The molecule has 1 aliphatic heterocycles. The Morgan fingerprint density at radius 1 is 1.10 bits per heavy atom. The zero-order valence-corrected chi connectivity index (χ0v) is 12.9. The molecule has 116 valence electrons. The van der Waals surface area contributed by atoms with Gasteiger partial charge in [0.25, 0.3) is 0 Å². The van der Waals surface area contributed by atoms with E-state index in [9.17, 15) is 5.11 Å². The van der Waals surface area contributed by atoms with Crippen molar-refractivity contribution in [2.75, 3.05) is 19.7 Å². The Hall–Kier alpha value is -0.900. The van der Waals surface area contributed by atoms with Crippen LogP contribution < -0.4 is 5.73 Å². The van der Waals surface area contributed by atoms with Gasteiger partial charge in [0.05, 0.1) is 12.1 Å². The Bertz CT molecular complexity index is 448. The summed E-state index contributed by atoms with van der Waals surface area (Å²) < 4.78 is 0. The van der Waals surface area contributed by atoms with Crippen LogP contribution in [0.3, 0.4) is 0 Å². The molecule has 1 aliphatic carbocycles. The molecule has 1 saturated heterocycles. The first-order chi connectivity index (χ1) is 10.2. The van der Waals surface area contributed by atoms with Gasteiger partial charge in [0.1, 0.15) is 0 Å². The van der Waals surface area contributed by atoms with Crippen molar-refractivity contribution < 1.29 is 5.11 Å². The number of aliphatic hydroxyl groups is 1. The van der Waals surface area contributed by atoms with Gasteiger partial charge in [-0.2, -0.15) is 0 Å². The van der Waals surface area contributed by atoms with Gasteiger partial charge < -0.3 is 10.8 Å². The molecule has 2 fully saturated rings. The second-order valence-corrected chi connectivity index (χ2v) is 6.90. The first-order valence-electron chi connectivity index (χ1n) is 8.42. The van der Waals surface area contributed by atoms with Gasteiger partial charge in [-0.05, 0) is 43.7 Å². The number of benzene rings is 1. The number of rotatable bonds is 4. The van der Waals surface area contributed by atoms with Gasteiger partial charge in [-0.15, -0.1) is 0 Å². The van der Waals surface area contributed by atoms with Crippen LogP contribution in [-0.2, 0) is 5.54 Å². The van der Waals surface area contributed by atoms with Crippen molar-refractivity contribution in [2.24, 2.45) is 11.7 Å². The largest absolute Gasteiger partial charge is 0.394 e. The summed E-state index contributed by atoms with van der Waals surface area (Å²) in [6.45, 7) is 1.91. The molecule has 3 heteroatoms. The number of hydrogen-bond acceptors (Lipinski definition) is 3. The van der Waals surface area contributed by atoms with Crippen molar-refractivity contribution in [1.82, 2.24) is 4.90 Å². The molecule has 1 aromatic carbocycles. The molecule has 0 bridgehead atoms. The lowest BCUT2D eigenvalue weighted by molar-refractivity contribution is 0.0295. The number of fused-ring (bicyclic) bond motifs is 1. The second kappa shape index (κ2) is 6.47. The lowest BCUT2D eigenvalue weighted by atomic mass is 9.77. The maximum absolute atomic E-state index is 9.91. The van der Waals surface area contributed by atoms with Crippen LogP contribution in [-0.4, -0.2) is 35.7 Å². The van der Waals surface area contributed by atoms with Crippen LogP contribution in [0.4, 0.5) is 0 Å². The maximum atomic E-state index is 9.91. The average Bonchev–Trinajstić information content (AvgIpc) is 2.56. The van der Waals surface area contributed by atoms with Crippen LogP contribution in [0, 0.1) is 5.92 Å². The van der Waals surface area contributed by atoms with E-state index >= 15 is 0 Å². The highest BCUT2D eigenvalue weighted by Gasteiger charge is 2.37. The lowest BCUT2D eigenvalue weighted by Gasteiger charge is -2.47. The number of nitrogens with zero attached hydrogens (tertiary/aromatic N) is 1. The third kappa shape index (κ3) is 3.15. The molecule has 3 N–H and O–H groups in total. The van der Waals surface area contributed by atoms with E-state index in [-0.39, 0.29) is 6.61 Å². The van der Waals surface area contributed by atoms with E-state index in [0.717, 1.165) is 24.6 Å². The molecule has 1 saturated carbocycles. The van der Waals surface area contributed by atoms with Gasteiger partial charge in [0.2, 0.25) is 0 Å². The average molecular weight is 288 g/mol. The Labute approximate surface area is 128 Å². The minimum Gasteiger partial charge on any atom is -0.394 e. The summed E-state index contributed by atoms with van der Waals surface area (Å²) in [5.74, 6) is 0.853. The topological polar surface area (TPSA) is 49.5 Å². The molecular weight excluding hydrogens is 260 g/mol. The van der Waals surface area contributed by atoms with Gasteiger partial charge in [-0.3, -0.25) is 4.90 Å². The summed E-state index contributed by atoms with van der Waals surface area (Å²) in [6, 6.07) is 10.8. The zero-order chi connectivity index (χ0) is 14.7. The first-order valence-corrected chi connectivity index (χ1v) is 8.42. The molecule has 0 radical (unpaired) electrons. The van der Waals surface area contributed by atoms with E-state index in [4.69, 9.17) is 5.73 Å². The van der Waals surface area contributed by atoms with Crippen molar-refractivity contribution in [3.8, 4) is 0 Å². The number of aliphatic hydroxyl groups excluding tert-OH is 1. The molecule has 3 nitrogen and oxygen atoms in total. The van der Waals surface area contributed by atoms with Crippen molar-refractivity contribution in [1.29, 1.82) is 0 Å². The van der Waals surface area contributed by atoms with Gasteiger partial charge in [0.15, 0.2) is 0 Å². The molecule has 0 aromatic heterocycles. The van der Waals surface area contributed by atoms with E-state index in [0.29, 0.717) is 6.04 Å². The fraction of sp³-hybridized carbons (Fsp3) is 0.667. The Balaban J connectivity index is 1.76. The molecule has 3 atom stereocenters. The smallest absolute Gasteiger partial charge is 0.0773 e. The number of hydrogen-bond donors (Lipinski definition) is 2. The third-order valence-electron chi connectivity index (χ3n) is 5.47. The molecule has 0 amide bonds. The quantitative estimate of drug-likeness (QED) is 0.895.